The minimum atomic E-state index is -1.04. The van der Waals surface area contributed by atoms with Crippen LogP contribution in [0.1, 0.15) is 36.4 Å². The molecule has 1 aromatic heterocycles. The molecule has 1 rings (SSSR count). The number of amides is 1. The van der Waals surface area contributed by atoms with Gasteiger partial charge < -0.3 is 14.8 Å². The van der Waals surface area contributed by atoms with Gasteiger partial charge in [0.25, 0.3) is 5.91 Å². The van der Waals surface area contributed by atoms with Gasteiger partial charge in [0.15, 0.2) is 0 Å². The van der Waals surface area contributed by atoms with Crippen molar-refractivity contribution in [2.75, 3.05) is 13.2 Å². The highest BCUT2D eigenvalue weighted by atomic mass is 32.1. The van der Waals surface area contributed by atoms with Crippen LogP contribution in [0.15, 0.2) is 12.1 Å². The highest BCUT2D eigenvalue weighted by Gasteiger charge is 2.25. The largest absolute Gasteiger partial charge is 0.466 e. The zero-order chi connectivity index (χ0) is 18.1. The van der Waals surface area contributed by atoms with E-state index >= 15 is 0 Å². The van der Waals surface area contributed by atoms with E-state index in [1.807, 2.05) is 0 Å². The van der Waals surface area contributed by atoms with E-state index in [1.165, 1.54) is 12.1 Å². The summed E-state index contributed by atoms with van der Waals surface area (Å²) >= 11 is 0.694. The molecule has 0 fully saturated rings. The van der Waals surface area contributed by atoms with Crippen molar-refractivity contribution >= 4 is 34.2 Å². The van der Waals surface area contributed by atoms with Crippen molar-refractivity contribution in [2.45, 2.75) is 32.7 Å². The van der Waals surface area contributed by atoms with E-state index in [4.69, 9.17) is 9.47 Å². The molecule has 1 amide bonds. The van der Waals surface area contributed by atoms with Gasteiger partial charge in [-0.1, -0.05) is 11.3 Å². The normalized spacial score (nSPS) is 11.4. The first-order chi connectivity index (χ1) is 11.4. The summed E-state index contributed by atoms with van der Waals surface area (Å²) in [5.41, 5.74) is 0. The number of esters is 2. The smallest absolute Gasteiger partial charge is 0.328 e. The third-order valence-corrected chi connectivity index (χ3v) is 3.85. The number of carbonyl (C=O) groups is 3. The zero-order valence-corrected chi connectivity index (χ0v) is 14.1. The topological polar surface area (TPSA) is 125 Å². The molecule has 0 saturated carbocycles. The van der Waals surface area contributed by atoms with Gasteiger partial charge in [0, 0.05) is 12.5 Å². The zero-order valence-electron chi connectivity index (χ0n) is 13.3. The van der Waals surface area contributed by atoms with Crippen molar-refractivity contribution in [1.29, 1.82) is 0 Å². The lowest BCUT2D eigenvalue weighted by Crippen LogP contribution is -2.42. The van der Waals surface area contributed by atoms with E-state index in [-0.39, 0.29) is 35.9 Å². The van der Waals surface area contributed by atoms with Gasteiger partial charge in [-0.15, -0.1) is 0 Å². The molecule has 0 spiro atoms. The first-order valence-electron chi connectivity index (χ1n) is 7.26. The van der Waals surface area contributed by atoms with E-state index in [9.17, 15) is 24.5 Å². The van der Waals surface area contributed by atoms with Crippen LogP contribution in [0.2, 0.25) is 0 Å². The molecule has 1 heterocycles. The summed E-state index contributed by atoms with van der Waals surface area (Å²) in [4.78, 5) is 45.6. The van der Waals surface area contributed by atoms with Gasteiger partial charge in [-0.25, -0.2) is 4.79 Å². The molecular formula is C14H18N2O7S. The lowest BCUT2D eigenvalue weighted by molar-refractivity contribution is -0.380. The first kappa shape index (κ1) is 19.6. The predicted octanol–water partition coefficient (Wildman–Crippen LogP) is 1.66. The molecule has 0 radical (unpaired) electrons. The van der Waals surface area contributed by atoms with Crippen LogP contribution in [0, 0.1) is 10.1 Å². The van der Waals surface area contributed by atoms with Crippen molar-refractivity contribution in [2.24, 2.45) is 0 Å². The molecule has 1 unspecified atom stereocenters. The van der Waals surface area contributed by atoms with E-state index in [2.05, 4.69) is 5.32 Å². The molecule has 0 bridgehead atoms. The van der Waals surface area contributed by atoms with Crippen LogP contribution in [0.3, 0.4) is 0 Å². The van der Waals surface area contributed by atoms with Crippen LogP contribution in [0.25, 0.3) is 0 Å². The number of thiophene rings is 1. The SMILES string of the molecule is CCOC(=O)CCC(NC(=O)c1ccc([N+](=O)[O-])s1)C(=O)OCC. The highest BCUT2D eigenvalue weighted by Crippen LogP contribution is 2.23. The summed E-state index contributed by atoms with van der Waals surface area (Å²) in [5.74, 6) is -1.82. The summed E-state index contributed by atoms with van der Waals surface area (Å²) in [5, 5.41) is 12.9. The monoisotopic (exact) mass is 358 g/mol. The Morgan fingerprint density at radius 3 is 2.46 bits per heavy atom. The van der Waals surface area contributed by atoms with Gasteiger partial charge in [-0.3, -0.25) is 19.7 Å². The Labute approximate surface area is 142 Å². The molecule has 1 aromatic rings. The first-order valence-corrected chi connectivity index (χ1v) is 8.08. The summed E-state index contributed by atoms with van der Waals surface area (Å²) in [6, 6.07) is 1.46. The summed E-state index contributed by atoms with van der Waals surface area (Å²) in [6.07, 6.45) is -0.0565. The molecule has 0 aromatic carbocycles. The molecule has 10 heteroatoms. The fraction of sp³-hybridized carbons (Fsp3) is 0.500. The van der Waals surface area contributed by atoms with Gasteiger partial charge in [0.05, 0.1) is 23.0 Å². The van der Waals surface area contributed by atoms with Crippen LogP contribution in [0.4, 0.5) is 5.00 Å². The van der Waals surface area contributed by atoms with Gasteiger partial charge in [-0.2, -0.15) is 0 Å². The van der Waals surface area contributed by atoms with Crippen LogP contribution in [-0.2, 0) is 19.1 Å². The van der Waals surface area contributed by atoms with Gasteiger partial charge in [0.1, 0.15) is 6.04 Å². The number of ether oxygens (including phenoxy) is 2. The molecule has 9 nitrogen and oxygen atoms in total. The molecule has 1 N–H and O–H groups in total. The maximum Gasteiger partial charge on any atom is 0.328 e. The van der Waals surface area contributed by atoms with Crippen LogP contribution in [0.5, 0.6) is 0 Å². The second-order valence-corrected chi connectivity index (χ2v) is 5.58. The number of hydrogen-bond acceptors (Lipinski definition) is 8. The fourth-order valence-corrected chi connectivity index (χ4v) is 2.49. The predicted molar refractivity (Wildman–Crippen MR) is 84.7 cm³/mol. The second-order valence-electron chi connectivity index (χ2n) is 4.52. The number of hydrogen-bond donors (Lipinski definition) is 1. The van der Waals surface area contributed by atoms with E-state index in [0.29, 0.717) is 11.3 Å². The number of nitrogens with zero attached hydrogens (tertiary/aromatic N) is 1. The van der Waals surface area contributed by atoms with Crippen molar-refractivity contribution in [3.05, 3.63) is 27.1 Å². The third-order valence-electron chi connectivity index (χ3n) is 2.81. The Bertz CT molecular complexity index is 614. The number of carbonyl (C=O) groups excluding carboxylic acids is 3. The second kappa shape index (κ2) is 9.60. The van der Waals surface area contributed by atoms with Crippen molar-refractivity contribution in [3.63, 3.8) is 0 Å². The standard InChI is InChI=1S/C14H18N2O7S/c1-3-22-12(17)8-5-9(14(19)23-4-2)15-13(18)10-6-7-11(24-10)16(20)21/h6-7,9H,3-5,8H2,1-2H3,(H,15,18). The molecule has 0 aliphatic rings. The lowest BCUT2D eigenvalue weighted by atomic mass is 10.1. The minimum Gasteiger partial charge on any atom is -0.466 e. The van der Waals surface area contributed by atoms with E-state index in [1.54, 1.807) is 13.8 Å². The maximum absolute atomic E-state index is 12.1. The Balaban J connectivity index is 2.74. The van der Waals surface area contributed by atoms with Crippen LogP contribution >= 0.6 is 11.3 Å². The van der Waals surface area contributed by atoms with Crippen molar-refractivity contribution in [3.8, 4) is 0 Å². The summed E-state index contributed by atoms with van der Waals surface area (Å²) < 4.78 is 9.64. The van der Waals surface area contributed by atoms with Crippen molar-refractivity contribution < 1.29 is 28.8 Å². The molecular weight excluding hydrogens is 340 g/mol. The average Bonchev–Trinajstić information content (AvgIpc) is 3.02. The molecule has 0 aliphatic carbocycles. The average molecular weight is 358 g/mol. The minimum absolute atomic E-state index is 0.0108. The number of nitro groups is 1. The molecule has 0 saturated heterocycles. The number of nitrogens with one attached hydrogen (secondary N) is 1. The quantitative estimate of drug-likeness (QED) is 0.404. The molecule has 24 heavy (non-hydrogen) atoms. The van der Waals surface area contributed by atoms with Gasteiger partial charge >= 0.3 is 16.9 Å². The van der Waals surface area contributed by atoms with Gasteiger partial charge in [-0.05, 0) is 26.3 Å². The molecule has 0 aliphatic heterocycles. The van der Waals surface area contributed by atoms with E-state index in [0.717, 1.165) is 0 Å². The molecule has 1 atom stereocenters. The van der Waals surface area contributed by atoms with E-state index < -0.39 is 28.8 Å². The van der Waals surface area contributed by atoms with Crippen molar-refractivity contribution in [1.82, 2.24) is 5.32 Å². The maximum atomic E-state index is 12.1. The van der Waals surface area contributed by atoms with Gasteiger partial charge in [0.2, 0.25) is 0 Å². The third kappa shape index (κ3) is 5.95. The highest BCUT2D eigenvalue weighted by molar-refractivity contribution is 7.17. The van der Waals surface area contributed by atoms with Crippen LogP contribution in [-0.4, -0.2) is 42.0 Å². The summed E-state index contributed by atoms with van der Waals surface area (Å²) in [7, 11) is 0. The Morgan fingerprint density at radius 2 is 1.92 bits per heavy atom. The lowest BCUT2D eigenvalue weighted by Gasteiger charge is -2.16. The number of rotatable bonds is 9. The Hall–Kier alpha value is -2.49. The Kier molecular flexibility index (Phi) is 7.83. The Morgan fingerprint density at radius 1 is 1.25 bits per heavy atom. The summed E-state index contributed by atoms with van der Waals surface area (Å²) in [6.45, 7) is 3.61. The molecule has 132 valence electrons. The van der Waals surface area contributed by atoms with Crippen LogP contribution < -0.4 is 5.32 Å². The fourth-order valence-electron chi connectivity index (χ4n) is 1.76.